The molecule has 1 heterocycles. The molecule has 2 aromatic carbocycles. The number of aliphatic hydroxyl groups excluding tert-OH is 1. The number of amides is 1. The molecule has 0 unspecified atom stereocenters. The van der Waals surface area contributed by atoms with Crippen molar-refractivity contribution >= 4 is 22.9 Å². The van der Waals surface area contributed by atoms with Crippen LogP contribution in [0.1, 0.15) is 12.5 Å². The van der Waals surface area contributed by atoms with Crippen molar-refractivity contribution < 1.29 is 14.6 Å². The van der Waals surface area contributed by atoms with Gasteiger partial charge >= 0.3 is 0 Å². The summed E-state index contributed by atoms with van der Waals surface area (Å²) in [6.07, 6.45) is 0.236. The molecular formula is C21H26N4O3. The molecule has 3 rings (SSSR count). The Labute approximate surface area is 164 Å². The number of nitrogens with one attached hydrogen (secondary N) is 2. The third-order valence-electron chi connectivity index (χ3n) is 4.41. The van der Waals surface area contributed by atoms with Crippen LogP contribution in [0, 0.1) is 0 Å². The number of imidazole rings is 1. The molecule has 0 aliphatic heterocycles. The number of anilines is 1. The lowest BCUT2D eigenvalue weighted by atomic mass is 10.1. The quantitative estimate of drug-likeness (QED) is 0.528. The molecule has 28 heavy (non-hydrogen) atoms. The van der Waals surface area contributed by atoms with E-state index in [1.807, 2.05) is 53.1 Å². The van der Waals surface area contributed by atoms with Crippen LogP contribution < -0.4 is 15.4 Å². The minimum absolute atomic E-state index is 0.0863. The smallest absolute Gasteiger partial charge is 0.240 e. The number of aliphatic hydroxyl groups is 1. The zero-order valence-corrected chi connectivity index (χ0v) is 16.2. The number of ether oxygens (including phenoxy) is 1. The molecule has 1 amide bonds. The summed E-state index contributed by atoms with van der Waals surface area (Å²) < 4.78 is 6.99. The van der Waals surface area contributed by atoms with E-state index in [4.69, 9.17) is 4.74 Å². The fraction of sp³-hybridized carbons (Fsp3) is 0.333. The average molecular weight is 382 g/mol. The normalized spacial score (nSPS) is 12.0. The second-order valence-electron chi connectivity index (χ2n) is 6.69. The molecular weight excluding hydrogens is 356 g/mol. The van der Waals surface area contributed by atoms with Gasteiger partial charge in [0, 0.05) is 13.1 Å². The summed E-state index contributed by atoms with van der Waals surface area (Å²) in [4.78, 5) is 17.0. The number of hydrogen-bond donors (Lipinski definition) is 3. The summed E-state index contributed by atoms with van der Waals surface area (Å²) >= 11 is 0. The van der Waals surface area contributed by atoms with Gasteiger partial charge in [0.1, 0.15) is 12.3 Å². The minimum atomic E-state index is -0.508. The van der Waals surface area contributed by atoms with E-state index in [0.717, 1.165) is 28.8 Å². The SMILES string of the molecule is COc1ccc(CCNC(=O)Cn2c(NC[C@@H](C)O)nc3ccccc32)cc1. The molecule has 0 spiro atoms. The van der Waals surface area contributed by atoms with Crippen molar-refractivity contribution in [1.82, 2.24) is 14.9 Å². The Morgan fingerprint density at radius 2 is 1.96 bits per heavy atom. The zero-order chi connectivity index (χ0) is 19.9. The van der Waals surface area contributed by atoms with Gasteiger partial charge < -0.3 is 25.0 Å². The molecule has 3 N–H and O–H groups in total. The number of fused-ring (bicyclic) bond motifs is 1. The molecule has 0 saturated carbocycles. The molecule has 148 valence electrons. The highest BCUT2D eigenvalue weighted by Gasteiger charge is 2.13. The van der Waals surface area contributed by atoms with Gasteiger partial charge in [0.2, 0.25) is 11.9 Å². The second-order valence-corrected chi connectivity index (χ2v) is 6.69. The van der Waals surface area contributed by atoms with Crippen molar-refractivity contribution in [3.8, 4) is 5.75 Å². The van der Waals surface area contributed by atoms with E-state index < -0.39 is 6.10 Å². The van der Waals surface area contributed by atoms with Crippen LogP contribution in [0.25, 0.3) is 11.0 Å². The van der Waals surface area contributed by atoms with Gasteiger partial charge in [-0.3, -0.25) is 4.79 Å². The van der Waals surface area contributed by atoms with E-state index in [-0.39, 0.29) is 12.5 Å². The van der Waals surface area contributed by atoms with Crippen LogP contribution in [0.15, 0.2) is 48.5 Å². The number of aromatic nitrogens is 2. The Bertz CT molecular complexity index is 919. The number of carbonyl (C=O) groups excluding carboxylic acids is 1. The molecule has 7 nitrogen and oxygen atoms in total. The molecule has 0 radical (unpaired) electrons. The highest BCUT2D eigenvalue weighted by Crippen LogP contribution is 2.19. The number of nitrogens with zero attached hydrogens (tertiary/aromatic N) is 2. The molecule has 3 aromatic rings. The third kappa shape index (κ3) is 5.01. The van der Waals surface area contributed by atoms with Crippen LogP contribution in [0.5, 0.6) is 5.75 Å². The number of benzene rings is 2. The van der Waals surface area contributed by atoms with E-state index in [1.165, 1.54) is 0 Å². The number of hydrogen-bond acceptors (Lipinski definition) is 5. The number of carbonyl (C=O) groups is 1. The number of methoxy groups -OCH3 is 1. The van der Waals surface area contributed by atoms with Gasteiger partial charge in [-0.25, -0.2) is 4.98 Å². The van der Waals surface area contributed by atoms with Crippen molar-refractivity contribution in [3.05, 3.63) is 54.1 Å². The van der Waals surface area contributed by atoms with Crippen LogP contribution in [0.4, 0.5) is 5.95 Å². The molecule has 1 aromatic heterocycles. The highest BCUT2D eigenvalue weighted by molar-refractivity contribution is 5.83. The zero-order valence-electron chi connectivity index (χ0n) is 16.2. The predicted molar refractivity (Wildman–Crippen MR) is 110 cm³/mol. The Morgan fingerprint density at radius 3 is 2.68 bits per heavy atom. The summed E-state index contributed by atoms with van der Waals surface area (Å²) in [6.45, 7) is 2.77. The summed E-state index contributed by atoms with van der Waals surface area (Å²) in [5, 5.41) is 15.6. The fourth-order valence-corrected chi connectivity index (χ4v) is 2.95. The predicted octanol–water partition coefficient (Wildman–Crippen LogP) is 2.20. The maximum absolute atomic E-state index is 12.5. The summed E-state index contributed by atoms with van der Waals surface area (Å²) in [5.41, 5.74) is 2.82. The van der Waals surface area contributed by atoms with Crippen molar-refractivity contribution in [2.24, 2.45) is 0 Å². The fourth-order valence-electron chi connectivity index (χ4n) is 2.95. The van der Waals surface area contributed by atoms with Crippen molar-refractivity contribution in [2.75, 3.05) is 25.5 Å². The van der Waals surface area contributed by atoms with E-state index in [1.54, 1.807) is 14.0 Å². The van der Waals surface area contributed by atoms with Gasteiger partial charge in [-0.2, -0.15) is 0 Å². The Morgan fingerprint density at radius 1 is 1.21 bits per heavy atom. The Hall–Kier alpha value is -3.06. The molecule has 7 heteroatoms. The second kappa shape index (κ2) is 9.23. The van der Waals surface area contributed by atoms with E-state index in [2.05, 4.69) is 15.6 Å². The monoisotopic (exact) mass is 382 g/mol. The maximum Gasteiger partial charge on any atom is 0.240 e. The lowest BCUT2D eigenvalue weighted by molar-refractivity contribution is -0.121. The first-order chi connectivity index (χ1) is 13.6. The van der Waals surface area contributed by atoms with Gasteiger partial charge in [0.25, 0.3) is 0 Å². The largest absolute Gasteiger partial charge is 0.497 e. The van der Waals surface area contributed by atoms with Gasteiger partial charge in [0.15, 0.2) is 0 Å². The van der Waals surface area contributed by atoms with Gasteiger partial charge in [-0.05, 0) is 43.2 Å². The first-order valence-electron chi connectivity index (χ1n) is 9.33. The molecule has 0 aliphatic rings. The van der Waals surface area contributed by atoms with Crippen LogP contribution in [0.2, 0.25) is 0 Å². The number of para-hydroxylation sites is 2. The summed E-state index contributed by atoms with van der Waals surface area (Å²) in [6, 6.07) is 15.5. The van der Waals surface area contributed by atoms with E-state index in [0.29, 0.717) is 19.0 Å². The Balaban J connectivity index is 1.62. The Kier molecular flexibility index (Phi) is 6.49. The van der Waals surface area contributed by atoms with E-state index >= 15 is 0 Å². The van der Waals surface area contributed by atoms with Crippen LogP contribution in [-0.2, 0) is 17.8 Å². The van der Waals surface area contributed by atoms with Crippen LogP contribution in [-0.4, -0.2) is 46.9 Å². The maximum atomic E-state index is 12.5. The average Bonchev–Trinajstić information content (AvgIpc) is 3.04. The summed E-state index contributed by atoms with van der Waals surface area (Å²) in [7, 11) is 1.64. The first kappa shape index (κ1) is 19.7. The molecule has 0 bridgehead atoms. The molecule has 0 saturated heterocycles. The standard InChI is InChI=1S/C21H26N4O3/c1-15(26)13-23-21-24-18-5-3-4-6-19(18)25(21)14-20(27)22-12-11-16-7-9-17(28-2)10-8-16/h3-10,15,26H,11-14H2,1-2H3,(H,22,27)(H,23,24)/t15-/m1/s1. The lowest BCUT2D eigenvalue weighted by Crippen LogP contribution is -2.30. The van der Waals surface area contributed by atoms with Crippen LogP contribution >= 0.6 is 0 Å². The first-order valence-corrected chi connectivity index (χ1v) is 9.33. The van der Waals surface area contributed by atoms with Gasteiger partial charge in [0.05, 0.1) is 24.2 Å². The van der Waals surface area contributed by atoms with Crippen molar-refractivity contribution in [1.29, 1.82) is 0 Å². The third-order valence-corrected chi connectivity index (χ3v) is 4.41. The molecule has 0 aliphatic carbocycles. The van der Waals surface area contributed by atoms with Gasteiger partial charge in [-0.15, -0.1) is 0 Å². The minimum Gasteiger partial charge on any atom is -0.497 e. The summed E-state index contributed by atoms with van der Waals surface area (Å²) in [5.74, 6) is 1.31. The number of rotatable bonds is 9. The highest BCUT2D eigenvalue weighted by atomic mass is 16.5. The van der Waals surface area contributed by atoms with Crippen LogP contribution in [0.3, 0.4) is 0 Å². The van der Waals surface area contributed by atoms with Crippen molar-refractivity contribution in [2.45, 2.75) is 26.0 Å². The molecule has 1 atom stereocenters. The van der Waals surface area contributed by atoms with Gasteiger partial charge in [-0.1, -0.05) is 24.3 Å². The lowest BCUT2D eigenvalue weighted by Gasteiger charge is -2.12. The van der Waals surface area contributed by atoms with E-state index in [9.17, 15) is 9.90 Å². The topological polar surface area (TPSA) is 88.4 Å². The van der Waals surface area contributed by atoms with Crippen molar-refractivity contribution in [3.63, 3.8) is 0 Å². The molecule has 0 fully saturated rings.